The van der Waals surface area contributed by atoms with E-state index in [-0.39, 0.29) is 40.9 Å². The SMILES string of the molecule is Cc1c(C(C)(C)C)[te]c2[te]ccc12. The molecule has 2 heteroatoms. The normalized spacial score (nSPS) is 12.6. The van der Waals surface area contributed by atoms with Crippen molar-refractivity contribution in [1.29, 1.82) is 0 Å². The first-order valence-electron chi connectivity index (χ1n) is 4.47. The molecule has 0 aromatic carbocycles. The van der Waals surface area contributed by atoms with E-state index in [4.69, 9.17) is 0 Å². The van der Waals surface area contributed by atoms with Gasteiger partial charge in [-0.05, 0) is 0 Å². The summed E-state index contributed by atoms with van der Waals surface area (Å²) in [6.07, 6.45) is 0. The van der Waals surface area contributed by atoms with Crippen LogP contribution >= 0.6 is 0 Å². The van der Waals surface area contributed by atoms with Gasteiger partial charge in [0, 0.05) is 0 Å². The van der Waals surface area contributed by atoms with Gasteiger partial charge in [0.1, 0.15) is 0 Å². The first-order valence-corrected chi connectivity index (χ1v) is 9.31. The molecule has 0 aliphatic rings. The van der Waals surface area contributed by atoms with Gasteiger partial charge in [0.15, 0.2) is 0 Å². The number of hydrogen-bond donors (Lipinski definition) is 0. The molecular formula is C11H14Te2. The minimum absolute atomic E-state index is 0.0716. The molecule has 0 bridgehead atoms. The summed E-state index contributed by atoms with van der Waals surface area (Å²) in [5, 5.41) is 1.65. The molecule has 0 saturated heterocycles. The van der Waals surface area contributed by atoms with Crippen LogP contribution in [0.5, 0.6) is 0 Å². The van der Waals surface area contributed by atoms with E-state index in [9.17, 15) is 0 Å². The zero-order valence-corrected chi connectivity index (χ0v) is 13.1. The Kier molecular flexibility index (Phi) is 2.72. The van der Waals surface area contributed by atoms with E-state index in [0.717, 1.165) is 0 Å². The third-order valence-electron chi connectivity index (χ3n) is 2.25. The van der Waals surface area contributed by atoms with E-state index in [1.807, 2.05) is 1.42 Å². The molecule has 0 aliphatic heterocycles. The van der Waals surface area contributed by atoms with Crippen molar-refractivity contribution in [2.24, 2.45) is 0 Å². The first kappa shape index (κ1) is 10.3. The zero-order chi connectivity index (χ0) is 9.64. The van der Waals surface area contributed by atoms with Crippen molar-refractivity contribution in [1.82, 2.24) is 0 Å². The van der Waals surface area contributed by atoms with Gasteiger partial charge in [0.05, 0.1) is 0 Å². The molecule has 2 aromatic heterocycles. The maximum absolute atomic E-state index is 2.45. The van der Waals surface area contributed by atoms with E-state index < -0.39 is 0 Å². The predicted molar refractivity (Wildman–Crippen MR) is 61.3 cm³/mol. The molecule has 0 nitrogen and oxygen atoms in total. The van der Waals surface area contributed by atoms with Crippen LogP contribution in [0.1, 0.15) is 29.9 Å². The first-order chi connectivity index (χ1) is 6.00. The van der Waals surface area contributed by atoms with Gasteiger partial charge in [-0.1, -0.05) is 0 Å². The van der Waals surface area contributed by atoms with Gasteiger partial charge in [0.2, 0.25) is 0 Å². The fraction of sp³-hybridized carbons (Fsp3) is 0.455. The Labute approximate surface area is 99.2 Å². The van der Waals surface area contributed by atoms with Crippen LogP contribution in [0, 0.1) is 6.92 Å². The molecule has 0 spiro atoms. The third-order valence-corrected chi connectivity index (χ3v) is 12.1. The van der Waals surface area contributed by atoms with Crippen LogP contribution in [-0.2, 0) is 5.41 Å². The number of aryl methyl sites for hydroxylation is 1. The second kappa shape index (κ2) is 3.43. The molecule has 2 rings (SSSR count). The van der Waals surface area contributed by atoms with Crippen LogP contribution < -0.4 is 0 Å². The fourth-order valence-corrected chi connectivity index (χ4v) is 10.4. The van der Waals surface area contributed by atoms with Crippen LogP contribution in [0.25, 0.3) is 6.80 Å². The van der Waals surface area contributed by atoms with Gasteiger partial charge >= 0.3 is 100 Å². The van der Waals surface area contributed by atoms with Gasteiger partial charge in [-0.2, -0.15) is 0 Å². The summed E-state index contributed by atoms with van der Waals surface area (Å²) in [4.78, 5) is 0. The summed E-state index contributed by atoms with van der Waals surface area (Å²) >= 11 is 0.213. The van der Waals surface area contributed by atoms with Crippen LogP contribution in [0.15, 0.2) is 10.1 Å². The molecule has 0 radical (unpaired) electrons. The van der Waals surface area contributed by atoms with Crippen molar-refractivity contribution in [2.75, 3.05) is 0 Å². The second-order valence-corrected chi connectivity index (χ2v) is 12.5. The van der Waals surface area contributed by atoms with E-state index in [1.165, 1.54) is 0 Å². The van der Waals surface area contributed by atoms with E-state index in [1.54, 1.807) is 14.5 Å². The molecule has 0 amide bonds. The topological polar surface area (TPSA) is 0 Å². The maximum atomic E-state index is 2.45. The van der Waals surface area contributed by atoms with Gasteiger partial charge in [-0.15, -0.1) is 0 Å². The molecule has 13 heavy (non-hydrogen) atoms. The van der Waals surface area contributed by atoms with Crippen LogP contribution in [0.4, 0.5) is 0 Å². The Morgan fingerprint density at radius 2 is 1.92 bits per heavy atom. The Balaban J connectivity index is 2.71. The van der Waals surface area contributed by atoms with Gasteiger partial charge < -0.3 is 0 Å². The summed E-state index contributed by atoms with van der Waals surface area (Å²) in [6.45, 7) is 9.42. The van der Waals surface area contributed by atoms with Gasteiger partial charge in [-0.3, -0.25) is 0 Å². The van der Waals surface area contributed by atoms with Crippen LogP contribution in [0.2, 0.25) is 0 Å². The Bertz CT molecular complexity index is 426. The molecule has 0 unspecified atom stereocenters. The minimum atomic E-state index is 0.0716. The summed E-state index contributed by atoms with van der Waals surface area (Å²) in [5.41, 5.74) is 2.06. The average Bonchev–Trinajstić information content (AvgIpc) is 2.51. The van der Waals surface area contributed by atoms with Crippen molar-refractivity contribution >= 4 is 47.7 Å². The molecule has 0 atom stereocenters. The molecule has 2 aromatic rings. The summed E-state index contributed by atoms with van der Waals surface area (Å²) in [5.74, 6) is 0. The Morgan fingerprint density at radius 3 is 2.46 bits per heavy atom. The zero-order valence-electron chi connectivity index (χ0n) is 8.47. The molecule has 2 heterocycles. The number of hydrogen-bond acceptors (Lipinski definition) is 0. The van der Waals surface area contributed by atoms with Crippen LogP contribution in [0.3, 0.4) is 0 Å². The van der Waals surface area contributed by atoms with E-state index in [0.29, 0.717) is 5.41 Å². The van der Waals surface area contributed by atoms with Crippen molar-refractivity contribution in [3.63, 3.8) is 0 Å². The van der Waals surface area contributed by atoms with Gasteiger partial charge in [-0.25, -0.2) is 0 Å². The Hall–Kier alpha value is 0.799. The summed E-state index contributed by atoms with van der Waals surface area (Å²) in [7, 11) is 0. The number of fused-ring (bicyclic) bond motifs is 1. The molecular weight excluding hydrogens is 387 g/mol. The third kappa shape index (κ3) is 1.80. The number of rotatable bonds is 0. The van der Waals surface area contributed by atoms with Crippen molar-refractivity contribution in [3.05, 3.63) is 19.3 Å². The summed E-state index contributed by atoms with van der Waals surface area (Å²) < 4.78 is 6.15. The molecule has 0 fully saturated rings. The molecule has 70 valence electrons. The van der Waals surface area contributed by atoms with E-state index in [2.05, 4.69) is 37.8 Å². The van der Waals surface area contributed by atoms with Crippen LogP contribution in [-0.4, -0.2) is 40.9 Å². The Morgan fingerprint density at radius 1 is 1.23 bits per heavy atom. The van der Waals surface area contributed by atoms with Crippen molar-refractivity contribution < 1.29 is 0 Å². The van der Waals surface area contributed by atoms with E-state index >= 15 is 0 Å². The standard InChI is InChI=1S/C11H14Te2/c1-7-8-5-6-12-10(8)13-9(7)11(2,3)4/h5-6H,1-4H3. The quantitative estimate of drug-likeness (QED) is 0.596. The fourth-order valence-electron chi connectivity index (χ4n) is 1.66. The van der Waals surface area contributed by atoms with Crippen molar-refractivity contribution in [2.45, 2.75) is 33.1 Å². The molecule has 0 aliphatic carbocycles. The summed E-state index contributed by atoms with van der Waals surface area (Å²) in [6, 6.07) is 2.39. The molecule has 0 N–H and O–H groups in total. The predicted octanol–water partition coefficient (Wildman–Crippen LogP) is 2.56. The van der Waals surface area contributed by atoms with Gasteiger partial charge in [0.25, 0.3) is 0 Å². The average molecular weight is 401 g/mol. The monoisotopic (exact) mass is 406 g/mol. The molecule has 0 saturated carbocycles. The van der Waals surface area contributed by atoms with Crippen molar-refractivity contribution in [3.8, 4) is 0 Å². The second-order valence-electron chi connectivity index (χ2n) is 4.43.